The number of methoxy groups -OCH3 is 1. The molecular weight excluding hydrogens is 400 g/mol. The standard InChI is InChI=1S/C24H27ClN2O3/c1-30-22-8-4-3-7-19(22)20-15-27(23(28)17-9-11-18(25)12-10-17)16-21(20)24(29)26-13-5-2-6-14-26/h3-4,7-12,20-21H,2,5-6,13-16H2,1H3. The van der Waals surface area contributed by atoms with Crippen LogP contribution in [0.2, 0.25) is 5.02 Å². The number of halogens is 1. The summed E-state index contributed by atoms with van der Waals surface area (Å²) in [7, 11) is 1.64. The van der Waals surface area contributed by atoms with E-state index in [1.54, 1.807) is 36.3 Å². The largest absolute Gasteiger partial charge is 0.496 e. The molecule has 2 amide bonds. The molecule has 2 heterocycles. The third-order valence-electron chi connectivity index (χ3n) is 6.22. The maximum absolute atomic E-state index is 13.5. The predicted molar refractivity (Wildman–Crippen MR) is 117 cm³/mol. The van der Waals surface area contributed by atoms with Crippen LogP contribution in [0.3, 0.4) is 0 Å². The minimum atomic E-state index is -0.268. The highest BCUT2D eigenvalue weighted by Crippen LogP contribution is 2.39. The number of likely N-dealkylation sites (tertiary alicyclic amines) is 2. The predicted octanol–water partition coefficient (Wildman–Crippen LogP) is 4.22. The van der Waals surface area contributed by atoms with Gasteiger partial charge in [0.2, 0.25) is 5.91 Å². The maximum atomic E-state index is 13.5. The molecule has 158 valence electrons. The topological polar surface area (TPSA) is 49.9 Å². The lowest BCUT2D eigenvalue weighted by molar-refractivity contribution is -0.136. The fourth-order valence-electron chi connectivity index (χ4n) is 4.63. The number of carbonyl (C=O) groups excluding carboxylic acids is 2. The van der Waals surface area contributed by atoms with Gasteiger partial charge in [-0.2, -0.15) is 0 Å². The Morgan fingerprint density at radius 1 is 0.933 bits per heavy atom. The normalized spacial score (nSPS) is 21.5. The van der Waals surface area contributed by atoms with Gasteiger partial charge in [0.1, 0.15) is 5.75 Å². The quantitative estimate of drug-likeness (QED) is 0.735. The van der Waals surface area contributed by atoms with Crippen LogP contribution in [0.15, 0.2) is 48.5 Å². The molecule has 0 aliphatic carbocycles. The zero-order chi connectivity index (χ0) is 21.1. The minimum absolute atomic E-state index is 0.0690. The first-order valence-corrected chi connectivity index (χ1v) is 10.9. The van der Waals surface area contributed by atoms with Crippen LogP contribution in [-0.4, -0.2) is 54.9 Å². The van der Waals surface area contributed by atoms with Gasteiger partial charge in [0.25, 0.3) is 5.91 Å². The van der Waals surface area contributed by atoms with Gasteiger partial charge in [0, 0.05) is 42.7 Å². The first-order valence-electron chi connectivity index (χ1n) is 10.5. The molecule has 2 aromatic carbocycles. The number of carbonyl (C=O) groups is 2. The van der Waals surface area contributed by atoms with Gasteiger partial charge in [0.05, 0.1) is 13.0 Å². The Balaban J connectivity index is 1.63. The summed E-state index contributed by atoms with van der Waals surface area (Å²) in [5.41, 5.74) is 1.58. The lowest BCUT2D eigenvalue weighted by Crippen LogP contribution is -2.42. The lowest BCUT2D eigenvalue weighted by Gasteiger charge is -2.31. The summed E-state index contributed by atoms with van der Waals surface area (Å²) in [6.45, 7) is 2.52. The summed E-state index contributed by atoms with van der Waals surface area (Å²) in [6, 6.07) is 14.7. The molecule has 2 aromatic rings. The van der Waals surface area contributed by atoms with Gasteiger partial charge in [-0.1, -0.05) is 29.8 Å². The first kappa shape index (κ1) is 20.7. The Labute approximate surface area is 182 Å². The molecule has 5 nitrogen and oxygen atoms in total. The molecule has 4 rings (SSSR count). The molecule has 2 fully saturated rings. The molecule has 6 heteroatoms. The Morgan fingerprint density at radius 2 is 1.63 bits per heavy atom. The summed E-state index contributed by atoms with van der Waals surface area (Å²) >= 11 is 5.97. The number of amides is 2. The summed E-state index contributed by atoms with van der Waals surface area (Å²) in [4.78, 5) is 30.4. The highest BCUT2D eigenvalue weighted by Gasteiger charge is 2.43. The van der Waals surface area contributed by atoms with Crippen LogP contribution in [-0.2, 0) is 4.79 Å². The minimum Gasteiger partial charge on any atom is -0.496 e. The third-order valence-corrected chi connectivity index (χ3v) is 6.47. The van der Waals surface area contributed by atoms with Crippen LogP contribution in [0, 0.1) is 5.92 Å². The van der Waals surface area contributed by atoms with Crippen molar-refractivity contribution in [3.8, 4) is 5.75 Å². The van der Waals surface area contributed by atoms with Crippen LogP contribution >= 0.6 is 11.6 Å². The molecule has 2 saturated heterocycles. The van der Waals surface area contributed by atoms with Crippen molar-refractivity contribution in [2.24, 2.45) is 5.92 Å². The van der Waals surface area contributed by atoms with Gasteiger partial charge in [-0.25, -0.2) is 0 Å². The van der Waals surface area contributed by atoms with E-state index in [1.807, 2.05) is 29.2 Å². The number of para-hydroxylation sites is 1. The van der Waals surface area contributed by atoms with Crippen molar-refractivity contribution in [3.05, 3.63) is 64.7 Å². The number of hydrogen-bond donors (Lipinski definition) is 0. The van der Waals surface area contributed by atoms with Gasteiger partial charge in [-0.3, -0.25) is 9.59 Å². The first-order chi connectivity index (χ1) is 14.6. The van der Waals surface area contributed by atoms with Crippen LogP contribution in [0.4, 0.5) is 0 Å². The fourth-order valence-corrected chi connectivity index (χ4v) is 4.76. The molecule has 0 bridgehead atoms. The van der Waals surface area contributed by atoms with E-state index in [2.05, 4.69) is 0 Å². The van der Waals surface area contributed by atoms with Gasteiger partial charge >= 0.3 is 0 Å². The van der Waals surface area contributed by atoms with Crippen molar-refractivity contribution in [3.63, 3.8) is 0 Å². The van der Waals surface area contributed by atoms with Crippen molar-refractivity contribution in [2.75, 3.05) is 33.3 Å². The van der Waals surface area contributed by atoms with Crippen molar-refractivity contribution in [2.45, 2.75) is 25.2 Å². The van der Waals surface area contributed by atoms with E-state index >= 15 is 0 Å². The molecule has 0 spiro atoms. The van der Waals surface area contributed by atoms with Crippen molar-refractivity contribution in [1.29, 1.82) is 0 Å². The zero-order valence-corrected chi connectivity index (χ0v) is 18.0. The van der Waals surface area contributed by atoms with Crippen LogP contribution in [0.25, 0.3) is 0 Å². The summed E-state index contributed by atoms with van der Waals surface area (Å²) < 4.78 is 5.58. The fraction of sp³-hybridized carbons (Fsp3) is 0.417. The van der Waals surface area contributed by atoms with E-state index < -0.39 is 0 Å². The lowest BCUT2D eigenvalue weighted by atomic mass is 9.87. The number of hydrogen-bond acceptors (Lipinski definition) is 3. The van der Waals surface area contributed by atoms with Crippen LogP contribution < -0.4 is 4.74 Å². The Hall–Kier alpha value is -2.53. The van der Waals surface area contributed by atoms with Gasteiger partial charge in [-0.05, 0) is 55.2 Å². The maximum Gasteiger partial charge on any atom is 0.253 e. The van der Waals surface area contributed by atoms with Gasteiger partial charge < -0.3 is 14.5 Å². The molecular formula is C24H27ClN2O3. The van der Waals surface area contributed by atoms with Crippen LogP contribution in [0.5, 0.6) is 5.75 Å². The molecule has 0 aromatic heterocycles. The van der Waals surface area contributed by atoms with E-state index in [9.17, 15) is 9.59 Å². The Bertz CT molecular complexity index is 909. The molecule has 0 radical (unpaired) electrons. The van der Waals surface area contributed by atoms with E-state index in [4.69, 9.17) is 16.3 Å². The number of piperidine rings is 1. The van der Waals surface area contributed by atoms with Crippen molar-refractivity contribution in [1.82, 2.24) is 9.80 Å². The number of rotatable bonds is 4. The summed E-state index contributed by atoms with van der Waals surface area (Å²) in [6.07, 6.45) is 3.27. The Kier molecular flexibility index (Phi) is 6.28. The van der Waals surface area contributed by atoms with Crippen molar-refractivity contribution < 1.29 is 14.3 Å². The summed E-state index contributed by atoms with van der Waals surface area (Å²) in [5, 5.41) is 0.595. The highest BCUT2D eigenvalue weighted by molar-refractivity contribution is 6.30. The monoisotopic (exact) mass is 426 g/mol. The zero-order valence-electron chi connectivity index (χ0n) is 17.2. The third kappa shape index (κ3) is 4.17. The average molecular weight is 427 g/mol. The van der Waals surface area contributed by atoms with Gasteiger partial charge in [-0.15, -0.1) is 0 Å². The van der Waals surface area contributed by atoms with E-state index in [1.165, 1.54) is 6.42 Å². The second-order valence-electron chi connectivity index (χ2n) is 8.06. The Morgan fingerprint density at radius 3 is 2.33 bits per heavy atom. The SMILES string of the molecule is COc1ccccc1C1CN(C(=O)c2ccc(Cl)cc2)CC1C(=O)N1CCCCC1. The number of ether oxygens (including phenoxy) is 1. The van der Waals surface area contributed by atoms with E-state index in [-0.39, 0.29) is 23.7 Å². The van der Waals surface area contributed by atoms with E-state index in [0.717, 1.165) is 37.2 Å². The van der Waals surface area contributed by atoms with Gasteiger partial charge in [0.15, 0.2) is 0 Å². The van der Waals surface area contributed by atoms with E-state index in [0.29, 0.717) is 23.7 Å². The van der Waals surface area contributed by atoms with Crippen LogP contribution in [0.1, 0.15) is 41.1 Å². The molecule has 0 N–H and O–H groups in total. The average Bonchev–Trinajstić information content (AvgIpc) is 3.24. The summed E-state index contributed by atoms with van der Waals surface area (Å²) in [5.74, 6) is 0.486. The number of benzene rings is 2. The number of nitrogens with zero attached hydrogens (tertiary/aromatic N) is 2. The molecule has 0 saturated carbocycles. The molecule has 2 atom stereocenters. The molecule has 30 heavy (non-hydrogen) atoms. The second kappa shape index (κ2) is 9.09. The molecule has 2 aliphatic heterocycles. The van der Waals surface area contributed by atoms with Crippen molar-refractivity contribution >= 4 is 23.4 Å². The molecule has 2 unspecified atom stereocenters. The highest BCUT2D eigenvalue weighted by atomic mass is 35.5. The second-order valence-corrected chi connectivity index (χ2v) is 8.49. The smallest absolute Gasteiger partial charge is 0.253 e. The molecule has 2 aliphatic rings.